The summed E-state index contributed by atoms with van der Waals surface area (Å²) in [7, 11) is -3.27. The molecule has 26 heavy (non-hydrogen) atoms. The minimum Gasteiger partial charge on any atom is -0.396 e. The highest BCUT2D eigenvalue weighted by molar-refractivity contribution is 7.90. The highest BCUT2D eigenvalue weighted by atomic mass is 32.2. The molecule has 1 aromatic carbocycles. The van der Waals surface area contributed by atoms with E-state index in [0.717, 1.165) is 11.1 Å². The van der Waals surface area contributed by atoms with Crippen LogP contribution in [0.5, 0.6) is 0 Å². The number of hydrogen-bond donors (Lipinski definition) is 1. The van der Waals surface area contributed by atoms with Crippen molar-refractivity contribution in [3.63, 3.8) is 0 Å². The van der Waals surface area contributed by atoms with Gasteiger partial charge in [-0.15, -0.1) is 0 Å². The maximum atomic E-state index is 11.7. The van der Waals surface area contributed by atoms with E-state index in [9.17, 15) is 8.42 Å². The highest BCUT2D eigenvalue weighted by Crippen LogP contribution is 2.39. The van der Waals surface area contributed by atoms with Crippen molar-refractivity contribution >= 4 is 15.5 Å². The number of sulfone groups is 1. The fourth-order valence-electron chi connectivity index (χ4n) is 2.68. The summed E-state index contributed by atoms with van der Waals surface area (Å²) >= 11 is 0. The van der Waals surface area contributed by atoms with E-state index in [2.05, 4.69) is 15.2 Å². The molecule has 1 N–H and O–H groups in total. The van der Waals surface area contributed by atoms with Gasteiger partial charge in [-0.3, -0.25) is 4.98 Å². The van der Waals surface area contributed by atoms with E-state index >= 15 is 0 Å². The summed E-state index contributed by atoms with van der Waals surface area (Å²) in [5, 5.41) is 17.8. The number of benzene rings is 1. The van der Waals surface area contributed by atoms with E-state index in [0.29, 0.717) is 12.1 Å². The zero-order valence-electron chi connectivity index (χ0n) is 14.3. The Morgan fingerprint density at radius 3 is 2.58 bits per heavy atom. The Bertz CT molecular complexity index is 965. The molecule has 1 atom stereocenters. The van der Waals surface area contributed by atoms with Crippen LogP contribution in [0.25, 0.3) is 5.70 Å². The van der Waals surface area contributed by atoms with Crippen LogP contribution < -0.4 is 0 Å². The van der Waals surface area contributed by atoms with Crippen molar-refractivity contribution in [3.8, 4) is 0 Å². The number of azo groups is 1. The van der Waals surface area contributed by atoms with Crippen LogP contribution in [0.3, 0.4) is 0 Å². The molecular weight excluding hydrogens is 350 g/mol. The fraction of sp³-hybridized carbons (Fsp3) is 0.211. The van der Waals surface area contributed by atoms with Crippen molar-refractivity contribution in [1.29, 1.82) is 0 Å². The maximum absolute atomic E-state index is 11.7. The molecule has 0 spiro atoms. The van der Waals surface area contributed by atoms with Gasteiger partial charge in [0.05, 0.1) is 10.6 Å². The van der Waals surface area contributed by atoms with Gasteiger partial charge in [-0.05, 0) is 42.3 Å². The lowest BCUT2D eigenvalue weighted by molar-refractivity contribution is 0.302. The van der Waals surface area contributed by atoms with Gasteiger partial charge in [0.15, 0.2) is 9.84 Å². The molecular formula is C19H19N3O3S. The lowest BCUT2D eigenvalue weighted by atomic mass is 9.89. The summed E-state index contributed by atoms with van der Waals surface area (Å²) in [5.74, 6) is 0. The van der Waals surface area contributed by atoms with Crippen LogP contribution in [0.2, 0.25) is 0 Å². The second-order valence-corrected chi connectivity index (χ2v) is 8.02. The summed E-state index contributed by atoms with van der Waals surface area (Å²) < 4.78 is 23.4. The highest BCUT2D eigenvalue weighted by Gasteiger charge is 2.32. The van der Waals surface area contributed by atoms with Crippen molar-refractivity contribution in [2.24, 2.45) is 10.2 Å². The number of aromatic nitrogens is 1. The molecule has 2 heterocycles. The predicted molar refractivity (Wildman–Crippen MR) is 99.1 cm³/mol. The molecule has 3 rings (SSSR count). The molecule has 0 radical (unpaired) electrons. The first-order chi connectivity index (χ1) is 12.4. The Morgan fingerprint density at radius 2 is 1.96 bits per heavy atom. The van der Waals surface area contributed by atoms with Crippen molar-refractivity contribution < 1.29 is 13.5 Å². The van der Waals surface area contributed by atoms with Crippen LogP contribution in [0.4, 0.5) is 0 Å². The average Bonchev–Trinajstić information content (AvgIpc) is 3.08. The molecule has 1 aliphatic rings. The van der Waals surface area contributed by atoms with Crippen LogP contribution in [0.15, 0.2) is 82.1 Å². The first kappa shape index (κ1) is 18.2. The Morgan fingerprint density at radius 1 is 1.19 bits per heavy atom. The first-order valence-electron chi connectivity index (χ1n) is 8.10. The molecule has 7 heteroatoms. The van der Waals surface area contributed by atoms with Gasteiger partial charge >= 0.3 is 0 Å². The number of nitrogens with zero attached hydrogens (tertiary/aromatic N) is 3. The van der Waals surface area contributed by atoms with Crippen LogP contribution in [-0.2, 0) is 15.4 Å². The Balaban J connectivity index is 2.04. The molecule has 0 fully saturated rings. The number of rotatable bonds is 6. The van der Waals surface area contributed by atoms with Crippen LogP contribution >= 0.6 is 0 Å². The number of aliphatic hydroxyl groups excluding tert-OH is 1. The predicted octanol–water partition coefficient (Wildman–Crippen LogP) is 3.13. The normalized spacial score (nSPS) is 19.8. The van der Waals surface area contributed by atoms with Crippen molar-refractivity contribution in [2.45, 2.75) is 16.9 Å². The van der Waals surface area contributed by atoms with Gasteiger partial charge in [-0.25, -0.2) is 8.42 Å². The molecule has 2 aromatic rings. The zero-order chi connectivity index (χ0) is 18.6. The third-order valence-corrected chi connectivity index (χ3v) is 5.18. The zero-order valence-corrected chi connectivity index (χ0v) is 15.1. The van der Waals surface area contributed by atoms with E-state index < -0.39 is 15.4 Å². The minimum absolute atomic E-state index is 0.0376. The summed E-state index contributed by atoms with van der Waals surface area (Å²) in [6.07, 6.45) is 10.7. The molecule has 0 amide bonds. The van der Waals surface area contributed by atoms with Crippen LogP contribution in [0.1, 0.15) is 17.5 Å². The molecule has 0 saturated carbocycles. The SMILES string of the molecule is CS(=O)(=O)c1ccc(C2(/C=C\CCO)C=C(c3cccnc3)N=N2)cc1. The second-order valence-electron chi connectivity index (χ2n) is 6.01. The van der Waals surface area contributed by atoms with Gasteiger partial charge in [-0.1, -0.05) is 24.3 Å². The van der Waals surface area contributed by atoms with Gasteiger partial charge in [0.25, 0.3) is 0 Å². The second kappa shape index (κ2) is 7.31. The van der Waals surface area contributed by atoms with Gasteiger partial charge < -0.3 is 5.11 Å². The lowest BCUT2D eigenvalue weighted by Gasteiger charge is -2.19. The van der Waals surface area contributed by atoms with E-state index in [1.54, 1.807) is 36.7 Å². The molecule has 0 bridgehead atoms. The van der Waals surface area contributed by atoms with Crippen LogP contribution in [0, 0.1) is 0 Å². The number of hydrogen-bond acceptors (Lipinski definition) is 6. The van der Waals surface area contributed by atoms with Crippen molar-refractivity contribution in [1.82, 2.24) is 4.98 Å². The van der Waals surface area contributed by atoms with Crippen molar-refractivity contribution in [3.05, 3.63) is 78.1 Å². The lowest BCUT2D eigenvalue weighted by Crippen LogP contribution is -2.16. The topological polar surface area (TPSA) is 92.0 Å². The van der Waals surface area contributed by atoms with E-state index in [-0.39, 0.29) is 11.5 Å². The Labute approximate surface area is 152 Å². The number of pyridine rings is 1. The molecule has 1 aliphatic heterocycles. The van der Waals surface area contributed by atoms with Gasteiger partial charge in [-0.2, -0.15) is 10.2 Å². The summed E-state index contributed by atoms with van der Waals surface area (Å²) in [6, 6.07) is 10.3. The largest absolute Gasteiger partial charge is 0.396 e. The molecule has 134 valence electrons. The summed E-state index contributed by atoms with van der Waals surface area (Å²) in [6.45, 7) is 0.0376. The smallest absolute Gasteiger partial charge is 0.175 e. The van der Waals surface area contributed by atoms with E-state index in [1.807, 2.05) is 30.4 Å². The standard InChI is InChI=1S/C19H19N3O3S/c1-26(24,25)17-8-6-16(7-9-17)19(10-2-3-12-23)13-18(21-22-19)15-5-4-11-20-14-15/h2,4-11,13-14,23H,3,12H2,1H3/b10-2-. The number of aliphatic hydroxyl groups is 1. The third-order valence-electron chi connectivity index (χ3n) is 4.05. The fourth-order valence-corrected chi connectivity index (χ4v) is 3.31. The van der Waals surface area contributed by atoms with Gasteiger partial charge in [0.1, 0.15) is 5.54 Å². The Kier molecular flexibility index (Phi) is 5.11. The van der Waals surface area contributed by atoms with E-state index in [1.165, 1.54) is 6.26 Å². The third kappa shape index (κ3) is 3.79. The van der Waals surface area contributed by atoms with Gasteiger partial charge in [0.2, 0.25) is 0 Å². The molecule has 0 aliphatic carbocycles. The summed E-state index contributed by atoms with van der Waals surface area (Å²) in [4.78, 5) is 4.36. The molecule has 1 unspecified atom stereocenters. The summed E-state index contributed by atoms with van der Waals surface area (Å²) in [5.41, 5.74) is 1.50. The van der Waals surface area contributed by atoms with Gasteiger partial charge in [0, 0.05) is 30.8 Å². The molecule has 0 saturated heterocycles. The maximum Gasteiger partial charge on any atom is 0.175 e. The van der Waals surface area contributed by atoms with Crippen molar-refractivity contribution in [2.75, 3.05) is 12.9 Å². The van der Waals surface area contributed by atoms with E-state index in [4.69, 9.17) is 5.11 Å². The first-order valence-corrected chi connectivity index (χ1v) is 9.99. The molecule has 6 nitrogen and oxygen atoms in total. The van der Waals surface area contributed by atoms with Crippen LogP contribution in [-0.4, -0.2) is 31.4 Å². The monoisotopic (exact) mass is 369 g/mol. The Hall–Kier alpha value is -2.64. The minimum atomic E-state index is -3.27. The quantitative estimate of drug-likeness (QED) is 0.792. The molecule has 1 aromatic heterocycles. The average molecular weight is 369 g/mol.